The zero-order valence-electron chi connectivity index (χ0n) is 10.4. The van der Waals surface area contributed by atoms with Crippen molar-refractivity contribution in [3.63, 3.8) is 0 Å². The van der Waals surface area contributed by atoms with Crippen molar-refractivity contribution in [3.8, 4) is 10.7 Å². The molecular formula is C14H10Cl2N2S. The lowest BCUT2D eigenvalue weighted by atomic mass is 10.1. The third-order valence-corrected chi connectivity index (χ3v) is 4.53. The van der Waals surface area contributed by atoms with Gasteiger partial charge in [-0.25, -0.2) is 9.97 Å². The average molecular weight is 309 g/mol. The van der Waals surface area contributed by atoms with Crippen LogP contribution in [0.4, 0.5) is 0 Å². The SMILES string of the molecule is Cc1cc(C)c2c(Cl)nc(-c3sccc3Cl)nc2c1. The number of benzene rings is 1. The lowest BCUT2D eigenvalue weighted by Crippen LogP contribution is -1.93. The van der Waals surface area contributed by atoms with Crippen LogP contribution in [0.1, 0.15) is 11.1 Å². The van der Waals surface area contributed by atoms with E-state index >= 15 is 0 Å². The van der Waals surface area contributed by atoms with Crippen LogP contribution < -0.4 is 0 Å². The summed E-state index contributed by atoms with van der Waals surface area (Å²) in [5.41, 5.74) is 3.10. The van der Waals surface area contributed by atoms with Crippen LogP contribution >= 0.6 is 34.5 Å². The van der Waals surface area contributed by atoms with E-state index in [0.29, 0.717) is 16.0 Å². The molecule has 3 rings (SSSR count). The van der Waals surface area contributed by atoms with Gasteiger partial charge in [0.15, 0.2) is 5.82 Å². The minimum atomic E-state index is 0.474. The maximum Gasteiger partial charge on any atom is 0.173 e. The van der Waals surface area contributed by atoms with E-state index in [9.17, 15) is 0 Å². The number of thiophene rings is 1. The Kier molecular flexibility index (Phi) is 3.21. The third-order valence-electron chi connectivity index (χ3n) is 2.92. The first kappa shape index (κ1) is 12.9. The van der Waals surface area contributed by atoms with E-state index in [0.717, 1.165) is 26.9 Å². The summed E-state index contributed by atoms with van der Waals surface area (Å²) in [5, 5.41) is 3.95. The van der Waals surface area contributed by atoms with Crippen LogP contribution in [0.2, 0.25) is 10.2 Å². The minimum Gasteiger partial charge on any atom is -0.227 e. The van der Waals surface area contributed by atoms with Gasteiger partial charge in [0.25, 0.3) is 0 Å². The molecule has 0 aliphatic heterocycles. The van der Waals surface area contributed by atoms with Gasteiger partial charge in [-0.3, -0.25) is 0 Å². The molecule has 2 nitrogen and oxygen atoms in total. The molecule has 5 heteroatoms. The number of rotatable bonds is 1. The van der Waals surface area contributed by atoms with E-state index in [1.54, 1.807) is 0 Å². The highest BCUT2D eigenvalue weighted by Crippen LogP contribution is 2.34. The second-order valence-corrected chi connectivity index (χ2v) is 6.09. The number of hydrogen-bond donors (Lipinski definition) is 0. The number of aryl methyl sites for hydroxylation is 2. The molecule has 0 saturated carbocycles. The summed E-state index contributed by atoms with van der Waals surface area (Å²) < 4.78 is 0. The maximum absolute atomic E-state index is 6.30. The number of fused-ring (bicyclic) bond motifs is 1. The molecule has 0 atom stereocenters. The normalized spacial score (nSPS) is 11.2. The molecule has 0 amide bonds. The van der Waals surface area contributed by atoms with Crippen molar-refractivity contribution in [1.29, 1.82) is 0 Å². The van der Waals surface area contributed by atoms with Crippen LogP contribution in [-0.4, -0.2) is 9.97 Å². The van der Waals surface area contributed by atoms with Crippen molar-refractivity contribution in [3.05, 3.63) is 44.9 Å². The van der Waals surface area contributed by atoms with Gasteiger partial charge in [-0.1, -0.05) is 29.3 Å². The van der Waals surface area contributed by atoms with E-state index in [1.165, 1.54) is 11.3 Å². The molecule has 1 aromatic carbocycles. The first-order chi connectivity index (χ1) is 9.06. The summed E-state index contributed by atoms with van der Waals surface area (Å²) >= 11 is 13.9. The molecule has 0 spiro atoms. The Labute approximate surface area is 125 Å². The molecule has 0 aliphatic rings. The number of halogens is 2. The predicted molar refractivity (Wildman–Crippen MR) is 82.3 cm³/mol. The van der Waals surface area contributed by atoms with Crippen LogP contribution in [-0.2, 0) is 0 Å². The van der Waals surface area contributed by atoms with Gasteiger partial charge in [0.05, 0.1) is 15.4 Å². The standard InChI is InChI=1S/C14H10Cl2N2S/c1-7-5-8(2)11-10(6-7)17-14(18-13(11)16)12-9(15)3-4-19-12/h3-6H,1-2H3. The van der Waals surface area contributed by atoms with Gasteiger partial charge >= 0.3 is 0 Å². The Morgan fingerprint density at radius 2 is 1.89 bits per heavy atom. The topological polar surface area (TPSA) is 25.8 Å². The average Bonchev–Trinajstić information content (AvgIpc) is 2.73. The van der Waals surface area contributed by atoms with Gasteiger partial charge in [-0.15, -0.1) is 11.3 Å². The van der Waals surface area contributed by atoms with Gasteiger partial charge in [0, 0.05) is 5.39 Å². The maximum atomic E-state index is 6.30. The van der Waals surface area contributed by atoms with Gasteiger partial charge < -0.3 is 0 Å². The Morgan fingerprint density at radius 3 is 2.58 bits per heavy atom. The van der Waals surface area contributed by atoms with Crippen LogP contribution in [0.3, 0.4) is 0 Å². The summed E-state index contributed by atoms with van der Waals surface area (Å²) in [5.74, 6) is 0.586. The van der Waals surface area contributed by atoms with Crippen molar-refractivity contribution >= 4 is 45.4 Å². The molecule has 0 bridgehead atoms. The molecule has 0 unspecified atom stereocenters. The van der Waals surface area contributed by atoms with Crippen LogP contribution in [0, 0.1) is 13.8 Å². The number of nitrogens with zero attached hydrogens (tertiary/aromatic N) is 2. The summed E-state index contributed by atoms with van der Waals surface area (Å²) in [6.07, 6.45) is 0. The molecule has 3 aromatic rings. The quantitative estimate of drug-likeness (QED) is 0.571. The van der Waals surface area contributed by atoms with E-state index in [2.05, 4.69) is 16.0 Å². The Balaban J connectivity index is 2.34. The molecule has 19 heavy (non-hydrogen) atoms. The molecular weight excluding hydrogens is 299 g/mol. The molecule has 0 fully saturated rings. The largest absolute Gasteiger partial charge is 0.227 e. The molecule has 0 saturated heterocycles. The fourth-order valence-corrected chi connectivity index (χ4v) is 3.54. The number of aromatic nitrogens is 2. The first-order valence-corrected chi connectivity index (χ1v) is 7.37. The molecule has 0 N–H and O–H groups in total. The minimum absolute atomic E-state index is 0.474. The van der Waals surface area contributed by atoms with Gasteiger partial charge in [0.1, 0.15) is 5.15 Å². The van der Waals surface area contributed by atoms with E-state index in [-0.39, 0.29) is 0 Å². The summed E-state index contributed by atoms with van der Waals surface area (Å²) in [6, 6.07) is 5.93. The Morgan fingerprint density at radius 1 is 1.11 bits per heavy atom. The second kappa shape index (κ2) is 4.75. The van der Waals surface area contributed by atoms with Gasteiger partial charge in [-0.2, -0.15) is 0 Å². The monoisotopic (exact) mass is 308 g/mol. The second-order valence-electron chi connectivity index (χ2n) is 4.41. The summed E-state index contributed by atoms with van der Waals surface area (Å²) in [4.78, 5) is 9.82. The third kappa shape index (κ3) is 2.22. The lowest BCUT2D eigenvalue weighted by Gasteiger charge is -2.07. The van der Waals surface area contributed by atoms with E-state index < -0.39 is 0 Å². The van der Waals surface area contributed by atoms with Crippen molar-refractivity contribution in [1.82, 2.24) is 9.97 Å². The zero-order chi connectivity index (χ0) is 13.6. The van der Waals surface area contributed by atoms with Crippen molar-refractivity contribution < 1.29 is 0 Å². The molecule has 96 valence electrons. The number of hydrogen-bond acceptors (Lipinski definition) is 3. The van der Waals surface area contributed by atoms with Crippen LogP contribution in [0.25, 0.3) is 21.6 Å². The lowest BCUT2D eigenvalue weighted by molar-refractivity contribution is 1.23. The highest BCUT2D eigenvalue weighted by Gasteiger charge is 2.13. The van der Waals surface area contributed by atoms with Gasteiger partial charge in [0.2, 0.25) is 0 Å². The Hall–Kier alpha value is -1.16. The molecule has 2 heterocycles. The van der Waals surface area contributed by atoms with E-state index in [4.69, 9.17) is 23.2 Å². The highest BCUT2D eigenvalue weighted by molar-refractivity contribution is 7.14. The van der Waals surface area contributed by atoms with Crippen LogP contribution in [0.15, 0.2) is 23.6 Å². The smallest absolute Gasteiger partial charge is 0.173 e. The first-order valence-electron chi connectivity index (χ1n) is 5.74. The molecule has 0 aliphatic carbocycles. The highest BCUT2D eigenvalue weighted by atomic mass is 35.5. The fraction of sp³-hybridized carbons (Fsp3) is 0.143. The van der Waals surface area contributed by atoms with Crippen molar-refractivity contribution in [2.45, 2.75) is 13.8 Å². The predicted octanol–water partition coefficient (Wildman–Crippen LogP) is 5.28. The Bertz CT molecular complexity index is 780. The van der Waals surface area contributed by atoms with E-state index in [1.807, 2.05) is 31.4 Å². The summed E-state index contributed by atoms with van der Waals surface area (Å²) in [6.45, 7) is 4.06. The summed E-state index contributed by atoms with van der Waals surface area (Å²) in [7, 11) is 0. The van der Waals surface area contributed by atoms with Crippen molar-refractivity contribution in [2.24, 2.45) is 0 Å². The van der Waals surface area contributed by atoms with Crippen molar-refractivity contribution in [2.75, 3.05) is 0 Å². The fourth-order valence-electron chi connectivity index (χ4n) is 2.14. The zero-order valence-corrected chi connectivity index (χ0v) is 12.7. The van der Waals surface area contributed by atoms with Crippen LogP contribution in [0.5, 0.6) is 0 Å². The molecule has 0 radical (unpaired) electrons. The molecule has 2 aromatic heterocycles. The van der Waals surface area contributed by atoms with Gasteiger partial charge in [-0.05, 0) is 42.5 Å².